The van der Waals surface area contributed by atoms with Crippen molar-refractivity contribution in [2.75, 3.05) is 12.3 Å². The van der Waals surface area contributed by atoms with E-state index < -0.39 is 180 Å². The monoisotopic (exact) mass is 1410 g/mol. The van der Waals surface area contributed by atoms with Gasteiger partial charge in [-0.2, -0.15) is 12.6 Å². The number of carboxylic acid groups (broad SMARTS) is 1. The van der Waals surface area contributed by atoms with Crippen molar-refractivity contribution in [2.24, 2.45) is 52.5 Å². The van der Waals surface area contributed by atoms with Crippen LogP contribution in [0.15, 0.2) is 42.9 Å². The maximum Gasteiger partial charge on any atom is 0.326 e. The first-order valence-corrected chi connectivity index (χ1v) is 34.4. The zero-order valence-electron chi connectivity index (χ0n) is 58.8. The Bertz CT molecular complexity index is 3000. The number of carbonyl (C=O) groups excluding carboxylic acids is 13. The van der Waals surface area contributed by atoms with E-state index in [1.807, 2.05) is 13.8 Å². The minimum atomic E-state index is -1.80. The quantitative estimate of drug-likeness (QED) is 0.0262. The Morgan fingerprint density at radius 1 is 0.485 bits per heavy atom. The summed E-state index contributed by atoms with van der Waals surface area (Å²) < 4.78 is 0. The van der Waals surface area contributed by atoms with Gasteiger partial charge in [0.2, 0.25) is 76.8 Å². The predicted molar refractivity (Wildman–Crippen MR) is 371 cm³/mol. The van der Waals surface area contributed by atoms with Crippen LogP contribution >= 0.6 is 12.6 Å². The Hall–Kier alpha value is -8.72. The van der Waals surface area contributed by atoms with Gasteiger partial charge in [0.05, 0.1) is 18.8 Å². The summed E-state index contributed by atoms with van der Waals surface area (Å²) in [6, 6.07) is -8.12. The molecule has 0 saturated heterocycles. The van der Waals surface area contributed by atoms with Gasteiger partial charge in [0.25, 0.3) is 0 Å². The van der Waals surface area contributed by atoms with E-state index in [0.29, 0.717) is 43.5 Å². The molecule has 1 aromatic heterocycles. The summed E-state index contributed by atoms with van der Waals surface area (Å²) in [7, 11) is 0. The number of nitrogens with zero attached hydrogens (tertiary/aromatic N) is 1. The van der Waals surface area contributed by atoms with E-state index in [-0.39, 0.29) is 68.5 Å². The first kappa shape index (κ1) is 86.4. The Kier molecular flexibility index (Phi) is 38.7. The molecule has 13 amide bonds. The molecule has 0 fully saturated rings. The average molecular weight is 1410 g/mol. The minimum Gasteiger partial charge on any atom is -0.480 e. The van der Waals surface area contributed by atoms with Crippen LogP contribution in [0.1, 0.15) is 158 Å². The summed E-state index contributed by atoms with van der Waals surface area (Å²) in [5, 5.41) is 38.4. The molecule has 1 aromatic carbocycles. The number of rotatable bonds is 47. The first-order chi connectivity index (χ1) is 46.5. The highest BCUT2D eigenvalue weighted by molar-refractivity contribution is 7.80. The van der Waals surface area contributed by atoms with E-state index in [4.69, 9.17) is 22.9 Å². The molecule has 0 aliphatic carbocycles. The maximum atomic E-state index is 14.8. The van der Waals surface area contributed by atoms with Crippen molar-refractivity contribution in [3.63, 3.8) is 0 Å². The highest BCUT2D eigenvalue weighted by Crippen LogP contribution is 2.17. The van der Waals surface area contributed by atoms with Crippen LogP contribution in [0.5, 0.6) is 0 Å². The normalized spacial score (nSPS) is 15.6. The molecule has 21 N–H and O–H groups in total. The third kappa shape index (κ3) is 31.8. The number of hydrogen-bond donors (Lipinski definition) is 18. The number of benzene rings is 1. The van der Waals surface area contributed by atoms with Crippen LogP contribution < -0.4 is 81.4 Å². The van der Waals surface area contributed by atoms with Crippen molar-refractivity contribution >= 4 is 95.4 Å². The van der Waals surface area contributed by atoms with E-state index in [1.54, 1.807) is 85.7 Å². The van der Waals surface area contributed by atoms with Gasteiger partial charge in [-0.25, -0.2) is 9.78 Å². The topological polar surface area (TPSA) is 524 Å². The van der Waals surface area contributed by atoms with E-state index in [9.17, 15) is 72.2 Å². The number of carbonyl (C=O) groups is 14. The number of aromatic nitrogens is 2. The minimum absolute atomic E-state index is 0.0412. The molecule has 33 heteroatoms. The Morgan fingerprint density at radius 3 is 1.37 bits per heavy atom. The van der Waals surface area contributed by atoms with Gasteiger partial charge in [-0.1, -0.05) is 112 Å². The molecular weight excluding hydrogens is 1300 g/mol. The number of imidazole rings is 1. The van der Waals surface area contributed by atoms with Gasteiger partial charge < -0.3 is 91.5 Å². The van der Waals surface area contributed by atoms with Gasteiger partial charge in [0.1, 0.15) is 66.5 Å². The van der Waals surface area contributed by atoms with Gasteiger partial charge in [0.15, 0.2) is 0 Å². The highest BCUT2D eigenvalue weighted by atomic mass is 32.1. The molecule has 14 atom stereocenters. The molecule has 0 spiro atoms. The van der Waals surface area contributed by atoms with Crippen LogP contribution in [0.25, 0.3) is 0 Å². The second kappa shape index (κ2) is 44.3. The number of carboxylic acids is 1. The maximum absolute atomic E-state index is 14.8. The Labute approximate surface area is 584 Å². The molecule has 99 heavy (non-hydrogen) atoms. The highest BCUT2D eigenvalue weighted by Gasteiger charge is 2.39. The largest absolute Gasteiger partial charge is 0.480 e. The number of hydrogen-bond acceptors (Lipinski definition) is 18. The fraction of sp³-hybridized carbons (Fsp3) is 0.652. The summed E-state index contributed by atoms with van der Waals surface area (Å²) in [6.07, 6.45) is 2.59. The van der Waals surface area contributed by atoms with Crippen LogP contribution in [0, 0.1) is 29.6 Å². The molecule has 1 heterocycles. The number of primary amides is 2. The third-order valence-electron chi connectivity index (χ3n) is 16.3. The predicted octanol–water partition coefficient (Wildman–Crippen LogP) is -1.61. The van der Waals surface area contributed by atoms with Crippen molar-refractivity contribution in [1.82, 2.24) is 68.5 Å². The third-order valence-corrected chi connectivity index (χ3v) is 16.7. The van der Waals surface area contributed by atoms with Crippen LogP contribution in [-0.4, -0.2) is 183 Å². The second-order valence-corrected chi connectivity index (χ2v) is 26.8. The van der Waals surface area contributed by atoms with E-state index in [1.165, 1.54) is 19.4 Å². The molecule has 2 aromatic rings. The van der Waals surface area contributed by atoms with Gasteiger partial charge in [0, 0.05) is 36.9 Å². The lowest BCUT2D eigenvalue weighted by atomic mass is 9.95. The first-order valence-electron chi connectivity index (χ1n) is 33.8. The fourth-order valence-corrected chi connectivity index (χ4v) is 10.6. The fourth-order valence-electron chi connectivity index (χ4n) is 10.3. The van der Waals surface area contributed by atoms with Crippen molar-refractivity contribution in [3.8, 4) is 0 Å². The second-order valence-electron chi connectivity index (χ2n) is 26.4. The molecule has 0 radical (unpaired) electrons. The lowest BCUT2D eigenvalue weighted by Gasteiger charge is -2.30. The summed E-state index contributed by atoms with van der Waals surface area (Å²) in [4.78, 5) is 199. The van der Waals surface area contributed by atoms with Gasteiger partial charge in [-0.05, 0) is 93.6 Å². The number of nitrogens with two attached hydrogens (primary N) is 4. The molecule has 0 aliphatic rings. The molecule has 0 aliphatic heterocycles. The van der Waals surface area contributed by atoms with Crippen LogP contribution in [-0.2, 0) is 80.0 Å². The van der Waals surface area contributed by atoms with Crippen molar-refractivity contribution in [2.45, 2.75) is 232 Å². The summed E-state index contributed by atoms with van der Waals surface area (Å²) in [5.41, 5.74) is 23.6. The van der Waals surface area contributed by atoms with E-state index in [2.05, 4.69) is 81.1 Å². The van der Waals surface area contributed by atoms with Gasteiger partial charge >= 0.3 is 5.97 Å². The van der Waals surface area contributed by atoms with Crippen molar-refractivity contribution in [1.29, 1.82) is 0 Å². The smallest absolute Gasteiger partial charge is 0.326 e. The Balaban J connectivity index is 2.54. The molecule has 32 nitrogen and oxygen atoms in total. The summed E-state index contributed by atoms with van der Waals surface area (Å²) in [5.74, 6) is -14.8. The number of aliphatic carboxylic acids is 1. The lowest BCUT2D eigenvalue weighted by molar-refractivity contribution is -0.142. The van der Waals surface area contributed by atoms with Crippen molar-refractivity contribution in [3.05, 3.63) is 54.1 Å². The van der Waals surface area contributed by atoms with E-state index in [0.717, 1.165) is 0 Å². The van der Waals surface area contributed by atoms with Crippen LogP contribution in [0.3, 0.4) is 0 Å². The molecular formula is C66H109N17O15S. The molecule has 2 rings (SSSR count). The molecule has 0 unspecified atom stereocenters. The number of thiol groups is 1. The number of aromatic amines is 1. The molecule has 554 valence electrons. The number of H-pyrrole nitrogens is 1. The lowest BCUT2D eigenvalue weighted by Crippen LogP contribution is -2.62. The molecule has 0 bridgehead atoms. The SMILES string of the molecule is CC[C@H](C)[C@H](NC(=O)[C@H](Cc1cnc[nH]1)NC(=O)[C@H](CC(N)=O)NC(=O)[C@@H](NC(=O)[C@H](Cc1ccccc1)NC(=O)[C@H](CC(C)C)NC(=O)[C@H](CCC(N)=O)NC(=O)[C@H](CS)NC(=O)[C@H](C)NC(=O)[C@@H](N)CC(C)C)[C@@H](C)CC)C(=O)N[C@@H](CC(C)C)C(=O)N[C@@H](CCCCN)C(=O)O. The Morgan fingerprint density at radius 2 is 0.919 bits per heavy atom. The zero-order chi connectivity index (χ0) is 74.8. The number of unbranched alkanes of at least 4 members (excludes halogenated alkanes) is 1. The zero-order valence-corrected chi connectivity index (χ0v) is 59.7. The van der Waals surface area contributed by atoms with Gasteiger partial charge in [-0.3, -0.25) is 62.3 Å². The number of amides is 13. The summed E-state index contributed by atoms with van der Waals surface area (Å²) in [6.45, 7) is 19.3. The number of nitrogens with one attached hydrogen (secondary N) is 12. The van der Waals surface area contributed by atoms with Crippen LogP contribution in [0.4, 0.5) is 0 Å². The van der Waals surface area contributed by atoms with Crippen LogP contribution in [0.2, 0.25) is 0 Å². The molecule has 0 saturated carbocycles. The van der Waals surface area contributed by atoms with Gasteiger partial charge in [-0.15, -0.1) is 0 Å². The van der Waals surface area contributed by atoms with E-state index >= 15 is 0 Å². The average Bonchev–Trinajstić information content (AvgIpc) is 1.75. The standard InChI is InChI=1S/C66H109N17O15S/c1-12-37(9)53(64(95)79-46(27-36(7)8)58(89)75-44(66(97)98)21-17-18-24-67)83-62(93)48(29-41-31-71-33-72-41)78-60(91)49(30-52(70)85)80-65(96)54(38(10)13-2)82-61(92)47(28-40-19-15-14-16-20-40)77-59(90)45(26-35(5)6)76-57(88)43(22-23-51(69)84)74-63(94)50(32-99)81-55(86)39(11)73-56(87)42(68)25-34(3)4/h14-16,19-20,31,33-39,42-50,53-54,99H,12-13,17-18,21-30,32,67-68H2,1-11H3,(H2,69,84)(H2,70,85)(H,71,72)(H,73,87)(H,74,94)(H,75,89)(H,76,88)(H,77,90)(H,78,91)(H,79,95)(H,80,96)(H,81,86)(H,82,92)(H,83,93)(H,97,98)/t37-,38-,39-,42-,43-,44-,45-,46-,47-,48-,49-,50-,53-,54-/m0/s1. The van der Waals surface area contributed by atoms with Crippen molar-refractivity contribution < 1.29 is 72.2 Å². The summed E-state index contributed by atoms with van der Waals surface area (Å²) >= 11 is 4.22.